The Morgan fingerprint density at radius 2 is 2.00 bits per heavy atom. The van der Waals surface area contributed by atoms with Crippen molar-refractivity contribution in [2.75, 3.05) is 5.73 Å². The summed E-state index contributed by atoms with van der Waals surface area (Å²) < 4.78 is 1.73. The van der Waals surface area contributed by atoms with Crippen LogP contribution >= 0.6 is 0 Å². The standard InChI is InChI=1S/C16H17N5O/c17-15-18-8-5-14(20-15)21-13-9-12(4-3-11(13)10-19-21)16(22)6-1-2-7-16/h3-5,8-10,22H,1-2,6-7H2,(H2,17,18,20). The SMILES string of the molecule is Nc1nccc(-n2ncc3ccc(C4(O)CCCC4)cc32)n1. The zero-order chi connectivity index (χ0) is 15.2. The number of hydrogen-bond donors (Lipinski definition) is 2. The Morgan fingerprint density at radius 1 is 1.18 bits per heavy atom. The van der Waals surface area contributed by atoms with Crippen molar-refractivity contribution in [2.45, 2.75) is 31.3 Å². The first-order chi connectivity index (χ1) is 10.7. The zero-order valence-electron chi connectivity index (χ0n) is 12.1. The maximum atomic E-state index is 10.8. The molecule has 0 bridgehead atoms. The molecule has 0 atom stereocenters. The van der Waals surface area contributed by atoms with E-state index in [4.69, 9.17) is 5.73 Å². The number of benzene rings is 1. The Labute approximate surface area is 127 Å². The fraction of sp³-hybridized carbons (Fsp3) is 0.312. The Kier molecular flexibility index (Phi) is 2.87. The summed E-state index contributed by atoms with van der Waals surface area (Å²) in [4.78, 5) is 8.12. The number of rotatable bonds is 2. The minimum atomic E-state index is -0.714. The highest BCUT2D eigenvalue weighted by molar-refractivity contribution is 5.81. The molecule has 0 saturated heterocycles. The van der Waals surface area contributed by atoms with Crippen LogP contribution in [0, 0.1) is 0 Å². The van der Waals surface area contributed by atoms with Crippen molar-refractivity contribution in [3.63, 3.8) is 0 Å². The van der Waals surface area contributed by atoms with Gasteiger partial charge in [-0.05, 0) is 24.5 Å². The van der Waals surface area contributed by atoms with Crippen LogP contribution in [0.1, 0.15) is 31.2 Å². The number of fused-ring (bicyclic) bond motifs is 1. The van der Waals surface area contributed by atoms with Gasteiger partial charge < -0.3 is 10.8 Å². The summed E-state index contributed by atoms with van der Waals surface area (Å²) in [6.07, 6.45) is 7.16. The van der Waals surface area contributed by atoms with Crippen LogP contribution in [0.4, 0.5) is 5.95 Å². The van der Waals surface area contributed by atoms with E-state index in [1.807, 2.05) is 18.2 Å². The molecule has 112 valence electrons. The van der Waals surface area contributed by atoms with Crippen LogP contribution in [-0.2, 0) is 5.60 Å². The molecule has 0 radical (unpaired) electrons. The van der Waals surface area contributed by atoms with Gasteiger partial charge in [-0.1, -0.05) is 25.0 Å². The number of hydrogen-bond acceptors (Lipinski definition) is 5. The van der Waals surface area contributed by atoms with Gasteiger partial charge in [0.1, 0.15) is 0 Å². The Balaban J connectivity index is 1.87. The number of aromatic nitrogens is 4. The predicted octanol–water partition coefficient (Wildman–Crippen LogP) is 2.16. The molecule has 0 aliphatic heterocycles. The van der Waals surface area contributed by atoms with E-state index in [0.29, 0.717) is 5.82 Å². The van der Waals surface area contributed by atoms with Crippen LogP contribution in [0.15, 0.2) is 36.7 Å². The van der Waals surface area contributed by atoms with Crippen LogP contribution in [0.5, 0.6) is 0 Å². The van der Waals surface area contributed by atoms with E-state index >= 15 is 0 Å². The summed E-state index contributed by atoms with van der Waals surface area (Å²) in [5, 5.41) is 16.2. The Bertz CT molecular complexity index is 835. The molecule has 0 unspecified atom stereocenters. The van der Waals surface area contributed by atoms with Crippen LogP contribution in [-0.4, -0.2) is 24.9 Å². The lowest BCUT2D eigenvalue weighted by molar-refractivity contribution is 0.0446. The number of nitrogen functional groups attached to an aromatic ring is 1. The normalized spacial score (nSPS) is 17.1. The average Bonchev–Trinajstić information content (AvgIpc) is 3.13. The summed E-state index contributed by atoms with van der Waals surface area (Å²) in [6, 6.07) is 7.76. The second kappa shape index (κ2) is 4.78. The lowest BCUT2D eigenvalue weighted by atomic mass is 9.92. The minimum absolute atomic E-state index is 0.215. The van der Waals surface area contributed by atoms with E-state index in [2.05, 4.69) is 15.1 Å². The second-order valence-electron chi connectivity index (χ2n) is 5.84. The molecular weight excluding hydrogens is 278 g/mol. The lowest BCUT2D eigenvalue weighted by Crippen LogP contribution is -2.20. The highest BCUT2D eigenvalue weighted by Crippen LogP contribution is 2.39. The molecule has 6 heteroatoms. The number of nitrogens with two attached hydrogens (primary N) is 1. The molecule has 1 aromatic carbocycles. The second-order valence-corrected chi connectivity index (χ2v) is 5.84. The molecule has 0 amide bonds. The molecule has 2 aromatic heterocycles. The molecule has 22 heavy (non-hydrogen) atoms. The van der Waals surface area contributed by atoms with Gasteiger partial charge in [0.05, 0.1) is 17.3 Å². The van der Waals surface area contributed by atoms with Crippen molar-refractivity contribution >= 4 is 16.9 Å². The summed E-state index contributed by atoms with van der Waals surface area (Å²) in [5.41, 5.74) is 6.80. The number of anilines is 1. The van der Waals surface area contributed by atoms with Gasteiger partial charge in [-0.3, -0.25) is 0 Å². The molecule has 4 rings (SSSR count). The van der Waals surface area contributed by atoms with Gasteiger partial charge in [0.25, 0.3) is 0 Å². The van der Waals surface area contributed by atoms with Gasteiger partial charge in [-0.25, -0.2) is 9.67 Å². The maximum absolute atomic E-state index is 10.8. The summed E-state index contributed by atoms with van der Waals surface area (Å²) in [6.45, 7) is 0. The number of aliphatic hydroxyl groups is 1. The van der Waals surface area contributed by atoms with Crippen LogP contribution in [0.2, 0.25) is 0 Å². The van der Waals surface area contributed by atoms with Crippen molar-refractivity contribution in [1.82, 2.24) is 19.7 Å². The summed E-state index contributed by atoms with van der Waals surface area (Å²) in [7, 11) is 0. The smallest absolute Gasteiger partial charge is 0.221 e. The quantitative estimate of drug-likeness (QED) is 0.756. The highest BCUT2D eigenvalue weighted by atomic mass is 16.3. The number of nitrogens with zero attached hydrogens (tertiary/aromatic N) is 4. The molecule has 0 spiro atoms. The molecular formula is C16H17N5O. The fourth-order valence-electron chi connectivity index (χ4n) is 3.22. The fourth-order valence-corrected chi connectivity index (χ4v) is 3.22. The van der Waals surface area contributed by atoms with Crippen molar-refractivity contribution < 1.29 is 5.11 Å². The van der Waals surface area contributed by atoms with E-state index in [-0.39, 0.29) is 5.95 Å². The third-order valence-electron chi connectivity index (χ3n) is 4.42. The third-order valence-corrected chi connectivity index (χ3v) is 4.42. The van der Waals surface area contributed by atoms with Gasteiger partial charge in [-0.2, -0.15) is 10.1 Å². The largest absolute Gasteiger partial charge is 0.385 e. The average molecular weight is 295 g/mol. The van der Waals surface area contributed by atoms with E-state index in [1.165, 1.54) is 0 Å². The van der Waals surface area contributed by atoms with Crippen LogP contribution in [0.3, 0.4) is 0 Å². The van der Waals surface area contributed by atoms with Crippen LogP contribution in [0.25, 0.3) is 16.7 Å². The van der Waals surface area contributed by atoms with E-state index in [0.717, 1.165) is 42.1 Å². The van der Waals surface area contributed by atoms with Crippen molar-refractivity contribution in [2.24, 2.45) is 0 Å². The van der Waals surface area contributed by atoms with E-state index < -0.39 is 5.60 Å². The Morgan fingerprint density at radius 3 is 2.77 bits per heavy atom. The van der Waals surface area contributed by atoms with Crippen molar-refractivity contribution in [1.29, 1.82) is 0 Å². The first-order valence-corrected chi connectivity index (χ1v) is 7.45. The molecule has 1 aliphatic carbocycles. The first kappa shape index (κ1) is 13.2. The van der Waals surface area contributed by atoms with Gasteiger partial charge in [0, 0.05) is 17.6 Å². The lowest BCUT2D eigenvalue weighted by Gasteiger charge is -2.22. The maximum Gasteiger partial charge on any atom is 0.221 e. The van der Waals surface area contributed by atoms with Crippen LogP contribution < -0.4 is 5.73 Å². The molecule has 2 heterocycles. The molecule has 3 aromatic rings. The summed E-state index contributed by atoms with van der Waals surface area (Å²) in [5.74, 6) is 0.838. The summed E-state index contributed by atoms with van der Waals surface area (Å²) >= 11 is 0. The third kappa shape index (κ3) is 2.03. The topological polar surface area (TPSA) is 89.8 Å². The molecule has 6 nitrogen and oxygen atoms in total. The monoisotopic (exact) mass is 295 g/mol. The molecule has 1 aliphatic rings. The Hall–Kier alpha value is -2.47. The van der Waals surface area contributed by atoms with Crippen molar-refractivity contribution in [3.05, 3.63) is 42.2 Å². The van der Waals surface area contributed by atoms with Gasteiger partial charge >= 0.3 is 0 Å². The first-order valence-electron chi connectivity index (χ1n) is 7.45. The molecule has 1 fully saturated rings. The molecule has 3 N–H and O–H groups in total. The van der Waals surface area contributed by atoms with E-state index in [9.17, 15) is 5.11 Å². The minimum Gasteiger partial charge on any atom is -0.385 e. The zero-order valence-corrected chi connectivity index (χ0v) is 12.1. The highest BCUT2D eigenvalue weighted by Gasteiger charge is 2.33. The van der Waals surface area contributed by atoms with Gasteiger partial charge in [0.15, 0.2) is 5.82 Å². The van der Waals surface area contributed by atoms with Crippen molar-refractivity contribution in [3.8, 4) is 5.82 Å². The molecule has 1 saturated carbocycles. The van der Waals surface area contributed by atoms with Gasteiger partial charge in [0.2, 0.25) is 5.95 Å². The predicted molar refractivity (Wildman–Crippen MR) is 83.4 cm³/mol. The van der Waals surface area contributed by atoms with E-state index in [1.54, 1.807) is 23.1 Å². The van der Waals surface area contributed by atoms with Gasteiger partial charge in [-0.15, -0.1) is 0 Å².